The summed E-state index contributed by atoms with van der Waals surface area (Å²) in [6, 6.07) is 6.12. The van der Waals surface area contributed by atoms with E-state index in [0.717, 1.165) is 36.9 Å². The number of halogens is 1. The Morgan fingerprint density at radius 1 is 1.32 bits per heavy atom. The third-order valence-electron chi connectivity index (χ3n) is 4.71. The van der Waals surface area contributed by atoms with Crippen molar-refractivity contribution in [2.45, 2.75) is 45.2 Å². The number of aryl methyl sites for hydroxylation is 1. The van der Waals surface area contributed by atoms with E-state index in [2.05, 4.69) is 22.9 Å². The van der Waals surface area contributed by atoms with Crippen LogP contribution in [0, 0.1) is 6.92 Å². The quantitative estimate of drug-likeness (QED) is 0.861. The summed E-state index contributed by atoms with van der Waals surface area (Å²) in [5, 5.41) is 0.867. The van der Waals surface area contributed by atoms with Gasteiger partial charge in [0.2, 0.25) is 0 Å². The van der Waals surface area contributed by atoms with Gasteiger partial charge in [-0.15, -0.1) is 0 Å². The van der Waals surface area contributed by atoms with Gasteiger partial charge in [0.1, 0.15) is 5.82 Å². The van der Waals surface area contributed by atoms with Gasteiger partial charge in [0.25, 0.3) is 0 Å². The van der Waals surface area contributed by atoms with E-state index in [1.54, 1.807) is 0 Å². The molecule has 1 fully saturated rings. The van der Waals surface area contributed by atoms with Crippen LogP contribution in [0.25, 0.3) is 0 Å². The van der Waals surface area contributed by atoms with Gasteiger partial charge < -0.3 is 0 Å². The van der Waals surface area contributed by atoms with Gasteiger partial charge in [-0.25, -0.2) is 9.97 Å². The summed E-state index contributed by atoms with van der Waals surface area (Å²) in [7, 11) is 0. The molecule has 4 heteroatoms. The van der Waals surface area contributed by atoms with Crippen molar-refractivity contribution in [3.63, 3.8) is 0 Å². The van der Waals surface area contributed by atoms with Gasteiger partial charge >= 0.3 is 0 Å². The zero-order chi connectivity index (χ0) is 15.1. The number of rotatable bonds is 3. The molecule has 0 N–H and O–H groups in total. The summed E-state index contributed by atoms with van der Waals surface area (Å²) in [5.41, 5.74) is 5.03. The highest BCUT2D eigenvalue weighted by Crippen LogP contribution is 2.38. The van der Waals surface area contributed by atoms with E-state index in [1.807, 2.05) is 18.3 Å². The summed E-state index contributed by atoms with van der Waals surface area (Å²) in [6.45, 7) is 4.99. The van der Waals surface area contributed by atoms with Crippen LogP contribution in [-0.2, 0) is 19.5 Å². The third kappa shape index (κ3) is 2.75. The average Bonchev–Trinajstić information content (AvgIpc) is 3.35. The number of hydrogen-bond acceptors (Lipinski definition) is 3. The maximum Gasteiger partial charge on any atom is 0.131 e. The first-order valence-corrected chi connectivity index (χ1v) is 8.39. The molecule has 0 bridgehead atoms. The van der Waals surface area contributed by atoms with Gasteiger partial charge in [0.15, 0.2) is 0 Å². The van der Waals surface area contributed by atoms with Crippen LogP contribution in [0.5, 0.6) is 0 Å². The minimum Gasteiger partial charge on any atom is -0.294 e. The lowest BCUT2D eigenvalue weighted by atomic mass is 10.0. The van der Waals surface area contributed by atoms with E-state index in [9.17, 15) is 0 Å². The predicted octanol–water partition coefficient (Wildman–Crippen LogP) is 3.87. The Hall–Kier alpha value is -1.45. The molecule has 2 heterocycles. The molecule has 2 aliphatic rings. The molecule has 22 heavy (non-hydrogen) atoms. The van der Waals surface area contributed by atoms with E-state index in [0.29, 0.717) is 5.92 Å². The second-order valence-electron chi connectivity index (χ2n) is 6.47. The fourth-order valence-corrected chi connectivity index (χ4v) is 3.44. The lowest BCUT2D eigenvalue weighted by Gasteiger charge is -2.29. The molecule has 0 saturated heterocycles. The molecule has 1 saturated carbocycles. The molecule has 0 radical (unpaired) electrons. The topological polar surface area (TPSA) is 29.0 Å². The molecule has 1 aromatic heterocycles. The van der Waals surface area contributed by atoms with Crippen LogP contribution in [0.15, 0.2) is 24.4 Å². The van der Waals surface area contributed by atoms with Crippen molar-refractivity contribution in [2.75, 3.05) is 6.54 Å². The molecule has 0 unspecified atom stereocenters. The van der Waals surface area contributed by atoms with Crippen molar-refractivity contribution >= 4 is 11.6 Å². The molecule has 0 atom stereocenters. The summed E-state index contributed by atoms with van der Waals surface area (Å²) in [4.78, 5) is 11.8. The van der Waals surface area contributed by atoms with E-state index in [1.165, 1.54) is 35.2 Å². The first-order valence-electron chi connectivity index (χ1n) is 8.02. The van der Waals surface area contributed by atoms with Crippen molar-refractivity contribution in [1.29, 1.82) is 0 Å². The number of nitrogens with zero attached hydrogens (tertiary/aromatic N) is 3. The largest absolute Gasteiger partial charge is 0.294 e. The number of aromatic nitrogens is 2. The number of fused-ring (bicyclic) bond motifs is 1. The van der Waals surface area contributed by atoms with Crippen molar-refractivity contribution in [1.82, 2.24) is 14.9 Å². The van der Waals surface area contributed by atoms with Crippen LogP contribution < -0.4 is 0 Å². The summed E-state index contributed by atoms with van der Waals surface area (Å²) in [5.74, 6) is 1.70. The Labute approximate surface area is 136 Å². The Morgan fingerprint density at radius 3 is 2.95 bits per heavy atom. The molecule has 0 amide bonds. The normalized spacial score (nSPS) is 18.3. The predicted molar refractivity (Wildman–Crippen MR) is 88.0 cm³/mol. The summed E-state index contributed by atoms with van der Waals surface area (Å²) >= 11 is 6.36. The molecule has 0 spiro atoms. The molecule has 2 aromatic rings. The van der Waals surface area contributed by atoms with Gasteiger partial charge in [0.05, 0.1) is 0 Å². The summed E-state index contributed by atoms with van der Waals surface area (Å²) < 4.78 is 0. The Balaban J connectivity index is 1.52. The molecule has 1 aliphatic heterocycles. The molecular formula is C18H20ClN3. The van der Waals surface area contributed by atoms with Gasteiger partial charge in [-0.05, 0) is 37.0 Å². The maximum absolute atomic E-state index is 6.36. The van der Waals surface area contributed by atoms with Crippen LogP contribution >= 0.6 is 11.6 Å². The molecule has 3 nitrogen and oxygen atoms in total. The van der Waals surface area contributed by atoms with Crippen molar-refractivity contribution in [3.05, 3.63) is 57.6 Å². The Morgan fingerprint density at radius 2 is 2.18 bits per heavy atom. The molecule has 114 valence electrons. The SMILES string of the molecule is Cc1cccc(Cl)c1CN1CCc2nc(C3CC3)ncc2C1. The van der Waals surface area contributed by atoms with Crippen LogP contribution in [0.4, 0.5) is 0 Å². The first kappa shape index (κ1) is 14.2. The van der Waals surface area contributed by atoms with Crippen molar-refractivity contribution in [3.8, 4) is 0 Å². The summed E-state index contributed by atoms with van der Waals surface area (Å²) in [6.07, 6.45) is 5.58. The van der Waals surface area contributed by atoms with Crippen LogP contribution in [0.2, 0.25) is 5.02 Å². The van der Waals surface area contributed by atoms with Crippen LogP contribution in [-0.4, -0.2) is 21.4 Å². The highest BCUT2D eigenvalue weighted by atomic mass is 35.5. The Bertz CT molecular complexity index is 689. The fourth-order valence-electron chi connectivity index (χ4n) is 3.15. The highest BCUT2D eigenvalue weighted by molar-refractivity contribution is 6.31. The third-order valence-corrected chi connectivity index (χ3v) is 5.06. The van der Waals surface area contributed by atoms with E-state index >= 15 is 0 Å². The van der Waals surface area contributed by atoms with Crippen molar-refractivity contribution in [2.24, 2.45) is 0 Å². The Kier molecular flexibility index (Phi) is 3.63. The lowest BCUT2D eigenvalue weighted by molar-refractivity contribution is 0.242. The highest BCUT2D eigenvalue weighted by Gasteiger charge is 2.28. The lowest BCUT2D eigenvalue weighted by Crippen LogP contribution is -2.31. The molecule has 1 aromatic carbocycles. The van der Waals surface area contributed by atoms with Gasteiger partial charge in [-0.3, -0.25) is 4.90 Å². The monoisotopic (exact) mass is 313 g/mol. The molecule has 4 rings (SSSR count). The second kappa shape index (κ2) is 5.64. The smallest absolute Gasteiger partial charge is 0.131 e. The van der Waals surface area contributed by atoms with Crippen LogP contribution in [0.1, 0.15) is 47.0 Å². The van der Waals surface area contributed by atoms with E-state index < -0.39 is 0 Å². The van der Waals surface area contributed by atoms with Gasteiger partial charge in [-0.1, -0.05) is 23.7 Å². The fraction of sp³-hybridized carbons (Fsp3) is 0.444. The minimum atomic E-state index is 0.633. The maximum atomic E-state index is 6.36. The molecule has 1 aliphatic carbocycles. The van der Waals surface area contributed by atoms with Crippen molar-refractivity contribution < 1.29 is 0 Å². The number of benzene rings is 1. The van der Waals surface area contributed by atoms with Gasteiger partial charge in [-0.2, -0.15) is 0 Å². The zero-order valence-electron chi connectivity index (χ0n) is 12.8. The molecular weight excluding hydrogens is 294 g/mol. The average molecular weight is 314 g/mol. The van der Waals surface area contributed by atoms with Crippen LogP contribution in [0.3, 0.4) is 0 Å². The minimum absolute atomic E-state index is 0.633. The van der Waals surface area contributed by atoms with Gasteiger partial charge in [0, 0.05) is 54.4 Å². The van der Waals surface area contributed by atoms with E-state index in [-0.39, 0.29) is 0 Å². The second-order valence-corrected chi connectivity index (χ2v) is 6.88. The first-order chi connectivity index (χ1) is 10.7. The number of hydrogen-bond donors (Lipinski definition) is 0. The zero-order valence-corrected chi connectivity index (χ0v) is 13.6. The standard InChI is InChI=1S/C18H20ClN3/c1-12-3-2-4-16(19)15(12)11-22-8-7-17-14(10-22)9-20-18(21-17)13-5-6-13/h2-4,9,13H,5-8,10-11H2,1H3. The van der Waals surface area contributed by atoms with E-state index in [4.69, 9.17) is 16.6 Å².